The highest BCUT2D eigenvalue weighted by molar-refractivity contribution is 6.88. The monoisotopic (exact) mass is 932 g/mol. The maximum Gasteiger partial charge on any atom is 0.212 e. The van der Waals surface area contributed by atoms with Gasteiger partial charge in [0.2, 0.25) is 6.71 Å². The third kappa shape index (κ3) is 8.99. The molecule has 11 aromatic rings. The van der Waals surface area contributed by atoms with Gasteiger partial charge in [0, 0.05) is 34.1 Å². The van der Waals surface area contributed by atoms with E-state index in [-0.39, 0.29) is 6.71 Å². The lowest BCUT2D eigenvalue weighted by Gasteiger charge is -2.39. The highest BCUT2D eigenvalue weighted by Gasteiger charge is 2.36. The van der Waals surface area contributed by atoms with E-state index in [4.69, 9.17) is 0 Å². The van der Waals surface area contributed by atoms with E-state index < -0.39 is 0 Å². The molecule has 0 atom stereocenters. The van der Waals surface area contributed by atoms with Crippen LogP contribution in [0.15, 0.2) is 273 Å². The van der Waals surface area contributed by atoms with Crippen molar-refractivity contribution in [1.29, 1.82) is 0 Å². The van der Waals surface area contributed by atoms with Crippen molar-refractivity contribution in [2.45, 2.75) is 13.7 Å². The maximum atomic E-state index is 2.56. The van der Waals surface area contributed by atoms with Gasteiger partial charge in [0.15, 0.2) is 0 Å². The molecular weight excluding hydrogens is 880 g/mol. The second kappa shape index (κ2) is 19.9. The molecule has 0 radical (unpaired) electrons. The van der Waals surface area contributed by atoms with Crippen molar-refractivity contribution in [3.63, 3.8) is 0 Å². The molecule has 1 aliphatic heterocycles. The lowest BCUT2D eigenvalue weighted by molar-refractivity contribution is 1.24. The normalized spacial score (nSPS) is 11.9. The van der Waals surface area contributed by atoms with Gasteiger partial charge in [0.25, 0.3) is 0 Å². The molecule has 3 heteroatoms. The molecular formula is C70H53BN2. The molecule has 0 saturated carbocycles. The van der Waals surface area contributed by atoms with Gasteiger partial charge in [-0.15, -0.1) is 0 Å². The van der Waals surface area contributed by atoms with E-state index in [0.29, 0.717) is 0 Å². The van der Waals surface area contributed by atoms with E-state index in [0.717, 1.165) is 33.9 Å². The number of hydrogen-bond donors (Lipinski definition) is 0. The Morgan fingerprint density at radius 3 is 1.38 bits per heavy atom. The number of aryl methyl sites for hydroxylation is 1. The molecule has 1 heterocycles. The largest absolute Gasteiger partial charge is 0.311 e. The standard InChI is InChI=1S/C70H53BN2/c1-50-45-57(53-23-11-4-12-24-53)40-44-67(50)73-68-49-63(72(61-29-17-7-18-30-61)62-31-19-8-20-32-62)41-43-66(68)71(2)70-65(47-60(48-69(70)73)55-27-15-6-16-28-55)64-42-39-58(54-25-13-5-14-26-54)46-59(64)38-35-51-33-36-56(37-34-51)52-21-9-3-10-22-52/h3-49H,1-2H3/b38-35-. The Labute approximate surface area is 430 Å². The van der Waals surface area contributed by atoms with Crippen molar-refractivity contribution >= 4 is 63.9 Å². The summed E-state index contributed by atoms with van der Waals surface area (Å²) in [6, 6.07) is 99.3. The van der Waals surface area contributed by atoms with Gasteiger partial charge in [0.05, 0.1) is 0 Å². The summed E-state index contributed by atoms with van der Waals surface area (Å²) < 4.78 is 0. The number of anilines is 6. The summed E-state index contributed by atoms with van der Waals surface area (Å²) in [4.78, 5) is 4.93. The van der Waals surface area contributed by atoms with Crippen LogP contribution in [0.4, 0.5) is 34.1 Å². The Balaban J connectivity index is 1.09. The van der Waals surface area contributed by atoms with Crippen LogP contribution >= 0.6 is 0 Å². The second-order valence-electron chi connectivity index (χ2n) is 19.0. The van der Waals surface area contributed by atoms with E-state index in [2.05, 4.69) is 309 Å². The van der Waals surface area contributed by atoms with Crippen LogP contribution in [0.25, 0.3) is 67.8 Å². The predicted octanol–water partition coefficient (Wildman–Crippen LogP) is 18.0. The van der Waals surface area contributed by atoms with Crippen LogP contribution in [0, 0.1) is 6.92 Å². The zero-order valence-electron chi connectivity index (χ0n) is 41.1. The first-order chi connectivity index (χ1) is 36.0. The predicted molar refractivity (Wildman–Crippen MR) is 314 cm³/mol. The maximum absolute atomic E-state index is 2.56. The number of rotatable bonds is 11. The zero-order valence-corrected chi connectivity index (χ0v) is 41.1. The van der Waals surface area contributed by atoms with Crippen molar-refractivity contribution < 1.29 is 0 Å². The Morgan fingerprint density at radius 2 is 0.822 bits per heavy atom. The molecule has 1 aliphatic rings. The van der Waals surface area contributed by atoms with Gasteiger partial charge in [0.1, 0.15) is 0 Å². The fourth-order valence-electron chi connectivity index (χ4n) is 10.8. The first-order valence-electron chi connectivity index (χ1n) is 25.3. The highest BCUT2D eigenvalue weighted by Crippen LogP contribution is 2.46. The Bertz CT molecular complexity index is 3690. The van der Waals surface area contributed by atoms with Gasteiger partial charge in [-0.25, -0.2) is 0 Å². The molecule has 0 amide bonds. The first kappa shape index (κ1) is 45.0. The molecule has 0 spiro atoms. The highest BCUT2D eigenvalue weighted by atomic mass is 15.2. The molecule has 0 unspecified atom stereocenters. The average molecular weight is 933 g/mol. The minimum atomic E-state index is 0.0390. The van der Waals surface area contributed by atoms with Crippen molar-refractivity contribution in [2.24, 2.45) is 0 Å². The van der Waals surface area contributed by atoms with Crippen molar-refractivity contribution in [2.75, 3.05) is 9.80 Å². The molecule has 2 nitrogen and oxygen atoms in total. The fraction of sp³-hybridized carbons (Fsp3) is 0.0286. The molecule has 73 heavy (non-hydrogen) atoms. The molecule has 11 aromatic carbocycles. The van der Waals surface area contributed by atoms with E-state index in [1.165, 1.54) is 83.5 Å². The van der Waals surface area contributed by atoms with Crippen LogP contribution < -0.4 is 20.7 Å². The number of hydrogen-bond acceptors (Lipinski definition) is 2. The first-order valence-corrected chi connectivity index (χ1v) is 25.3. The van der Waals surface area contributed by atoms with E-state index in [9.17, 15) is 0 Å². The molecule has 0 fully saturated rings. The van der Waals surface area contributed by atoms with Gasteiger partial charge in [-0.3, -0.25) is 0 Å². The van der Waals surface area contributed by atoms with Crippen LogP contribution in [0.5, 0.6) is 0 Å². The van der Waals surface area contributed by atoms with Crippen molar-refractivity contribution in [3.8, 4) is 55.6 Å². The van der Waals surface area contributed by atoms with Crippen molar-refractivity contribution in [3.05, 3.63) is 290 Å². The SMILES string of the molecule is CB1c2ccc(N(c3ccccc3)c3ccccc3)cc2N(c2ccc(-c3ccccc3)cc2C)c2cc(-c3ccccc3)cc(-c3ccc(-c4ccccc4)cc3/C=C\c3ccc(-c4ccccc4)cc3)c21. The molecule has 0 N–H and O–H groups in total. The number of fused-ring (bicyclic) bond motifs is 2. The van der Waals surface area contributed by atoms with Crippen LogP contribution in [0.1, 0.15) is 16.7 Å². The van der Waals surface area contributed by atoms with Crippen LogP contribution in [-0.2, 0) is 0 Å². The number of para-hydroxylation sites is 2. The van der Waals surface area contributed by atoms with Gasteiger partial charge in [-0.2, -0.15) is 0 Å². The minimum absolute atomic E-state index is 0.0390. The summed E-state index contributed by atoms with van der Waals surface area (Å²) in [5.41, 5.74) is 24.8. The Morgan fingerprint density at radius 1 is 0.342 bits per heavy atom. The van der Waals surface area contributed by atoms with Crippen LogP contribution in [0.2, 0.25) is 6.82 Å². The summed E-state index contributed by atoms with van der Waals surface area (Å²) in [5.74, 6) is 0. The third-order valence-electron chi connectivity index (χ3n) is 14.4. The molecule has 346 valence electrons. The molecule has 0 saturated heterocycles. The van der Waals surface area contributed by atoms with Gasteiger partial charge >= 0.3 is 0 Å². The summed E-state index contributed by atoms with van der Waals surface area (Å²) >= 11 is 0. The van der Waals surface area contributed by atoms with Gasteiger partial charge < -0.3 is 9.80 Å². The molecule has 12 rings (SSSR count). The quantitative estimate of drug-likeness (QED) is 0.0942. The lowest BCUT2D eigenvalue weighted by atomic mass is 9.39. The average Bonchev–Trinajstić information content (AvgIpc) is 3.46. The van der Waals surface area contributed by atoms with Crippen LogP contribution in [-0.4, -0.2) is 6.71 Å². The molecule has 0 aliphatic carbocycles. The third-order valence-corrected chi connectivity index (χ3v) is 14.4. The summed E-state index contributed by atoms with van der Waals surface area (Å²) in [5, 5.41) is 0. The topological polar surface area (TPSA) is 6.48 Å². The van der Waals surface area contributed by atoms with Gasteiger partial charge in [-0.05, 0) is 151 Å². The fourth-order valence-corrected chi connectivity index (χ4v) is 10.8. The van der Waals surface area contributed by atoms with E-state index in [1.807, 2.05) is 0 Å². The minimum Gasteiger partial charge on any atom is -0.311 e. The molecule has 0 bridgehead atoms. The van der Waals surface area contributed by atoms with E-state index in [1.54, 1.807) is 0 Å². The summed E-state index contributed by atoms with van der Waals surface area (Å²) in [6.07, 6.45) is 4.59. The van der Waals surface area contributed by atoms with Crippen LogP contribution in [0.3, 0.4) is 0 Å². The summed E-state index contributed by atoms with van der Waals surface area (Å²) in [7, 11) is 0. The molecule has 0 aromatic heterocycles. The Hall–Kier alpha value is -9.18. The smallest absolute Gasteiger partial charge is 0.212 e. The number of benzene rings is 11. The number of nitrogens with zero attached hydrogens (tertiary/aromatic N) is 2. The lowest BCUT2D eigenvalue weighted by Crippen LogP contribution is -2.49. The second-order valence-corrected chi connectivity index (χ2v) is 19.0. The zero-order chi connectivity index (χ0) is 49.1. The van der Waals surface area contributed by atoms with Gasteiger partial charge in [-0.1, -0.05) is 231 Å². The Kier molecular flexibility index (Phi) is 12.3. The van der Waals surface area contributed by atoms with Crippen molar-refractivity contribution in [1.82, 2.24) is 0 Å². The van der Waals surface area contributed by atoms with E-state index >= 15 is 0 Å². The summed E-state index contributed by atoms with van der Waals surface area (Å²) in [6.45, 7) is 4.71.